The third kappa shape index (κ3) is 5.59. The van der Waals surface area contributed by atoms with E-state index in [9.17, 15) is 13.2 Å². The molecule has 1 heterocycles. The number of nitrogens with two attached hydrogens (primary N) is 1. The summed E-state index contributed by atoms with van der Waals surface area (Å²) in [6.45, 7) is 2.34. The molecule has 0 aromatic heterocycles. The van der Waals surface area contributed by atoms with Crippen LogP contribution in [0.5, 0.6) is 0 Å². The molecule has 1 aliphatic carbocycles. The Morgan fingerprint density at radius 2 is 1.62 bits per heavy atom. The van der Waals surface area contributed by atoms with Gasteiger partial charge in [-0.05, 0) is 55.3 Å². The molecule has 1 saturated heterocycles. The molecule has 4 N–H and O–H groups in total. The van der Waals surface area contributed by atoms with Crippen molar-refractivity contribution in [2.45, 2.75) is 43.0 Å². The number of nitrogens with one attached hydrogen (secondary N) is 2. The van der Waals surface area contributed by atoms with E-state index in [1.807, 2.05) is 29.2 Å². The fourth-order valence-corrected chi connectivity index (χ4v) is 4.82. The van der Waals surface area contributed by atoms with Crippen molar-refractivity contribution >= 4 is 33.0 Å². The minimum atomic E-state index is -3.93. The van der Waals surface area contributed by atoms with Crippen molar-refractivity contribution in [3.8, 4) is 0 Å². The molecule has 2 fully saturated rings. The van der Waals surface area contributed by atoms with Gasteiger partial charge < -0.3 is 20.3 Å². The second-order valence-corrected chi connectivity index (χ2v) is 9.90. The van der Waals surface area contributed by atoms with Gasteiger partial charge in [-0.2, -0.15) is 0 Å². The summed E-state index contributed by atoms with van der Waals surface area (Å²) in [5.41, 5.74) is 2.59. The van der Waals surface area contributed by atoms with Crippen molar-refractivity contribution in [2.75, 3.05) is 41.8 Å². The van der Waals surface area contributed by atoms with Crippen molar-refractivity contribution in [1.29, 1.82) is 0 Å². The Labute approximate surface area is 189 Å². The SMILES string of the molecule is NS(=O)(=O)c1ccc(N2CCOCC2)c(C(=O)Nc2ccc(NC3CCCCC3)cc2)c1. The van der Waals surface area contributed by atoms with Crippen LogP contribution in [0.1, 0.15) is 42.5 Å². The molecule has 8 nitrogen and oxygen atoms in total. The lowest BCUT2D eigenvalue weighted by molar-refractivity contribution is 0.102. The van der Waals surface area contributed by atoms with Crippen LogP contribution in [0.15, 0.2) is 47.4 Å². The molecule has 0 atom stereocenters. The average molecular weight is 459 g/mol. The van der Waals surface area contributed by atoms with Gasteiger partial charge in [0.25, 0.3) is 5.91 Å². The molecule has 1 saturated carbocycles. The maximum absolute atomic E-state index is 13.1. The maximum atomic E-state index is 13.1. The Hall–Kier alpha value is -2.62. The van der Waals surface area contributed by atoms with Crippen LogP contribution in [0.3, 0.4) is 0 Å². The topological polar surface area (TPSA) is 114 Å². The summed E-state index contributed by atoms with van der Waals surface area (Å²) in [4.78, 5) is 15.1. The Bertz CT molecular complexity index is 1040. The van der Waals surface area contributed by atoms with Gasteiger partial charge in [0.15, 0.2) is 0 Å². The van der Waals surface area contributed by atoms with Gasteiger partial charge in [0.05, 0.1) is 23.7 Å². The number of hydrogen-bond donors (Lipinski definition) is 3. The molecule has 9 heteroatoms. The molecule has 0 bridgehead atoms. The number of primary sulfonamides is 1. The summed E-state index contributed by atoms with van der Waals surface area (Å²) in [6.07, 6.45) is 6.19. The van der Waals surface area contributed by atoms with Gasteiger partial charge in [0.2, 0.25) is 10.0 Å². The van der Waals surface area contributed by atoms with Crippen LogP contribution in [-0.4, -0.2) is 46.7 Å². The first kappa shape index (κ1) is 22.6. The first-order valence-corrected chi connectivity index (χ1v) is 12.6. The van der Waals surface area contributed by atoms with Crippen molar-refractivity contribution in [3.05, 3.63) is 48.0 Å². The van der Waals surface area contributed by atoms with Crippen LogP contribution in [0.4, 0.5) is 17.1 Å². The van der Waals surface area contributed by atoms with Crippen LogP contribution < -0.4 is 20.7 Å². The van der Waals surface area contributed by atoms with E-state index < -0.39 is 10.0 Å². The fourth-order valence-electron chi connectivity index (χ4n) is 4.28. The van der Waals surface area contributed by atoms with Crippen molar-refractivity contribution in [1.82, 2.24) is 0 Å². The van der Waals surface area contributed by atoms with E-state index >= 15 is 0 Å². The van der Waals surface area contributed by atoms with Crippen LogP contribution >= 0.6 is 0 Å². The first-order chi connectivity index (χ1) is 15.4. The Morgan fingerprint density at radius 1 is 0.969 bits per heavy atom. The standard InChI is InChI=1S/C23H30N4O4S/c24-32(29,30)20-10-11-22(27-12-14-31-15-13-27)21(16-20)23(28)26-19-8-6-18(7-9-19)25-17-4-2-1-3-5-17/h6-11,16-17,25H,1-5,12-15H2,(H,26,28)(H2,24,29,30). The van der Waals surface area contributed by atoms with E-state index in [1.165, 1.54) is 44.2 Å². The van der Waals surface area contributed by atoms with E-state index in [2.05, 4.69) is 10.6 Å². The first-order valence-electron chi connectivity index (χ1n) is 11.1. The van der Waals surface area contributed by atoms with Crippen molar-refractivity contribution < 1.29 is 17.9 Å². The number of morpholine rings is 1. The molecule has 0 radical (unpaired) electrons. The predicted molar refractivity (Wildman–Crippen MR) is 126 cm³/mol. The highest BCUT2D eigenvalue weighted by Crippen LogP contribution is 2.27. The predicted octanol–water partition coefficient (Wildman–Crippen LogP) is 3.17. The molecule has 2 aliphatic rings. The molecule has 2 aromatic rings. The summed E-state index contributed by atoms with van der Waals surface area (Å²) in [6, 6.07) is 12.5. The van der Waals surface area contributed by atoms with E-state index in [1.54, 1.807) is 6.07 Å². The zero-order valence-corrected chi connectivity index (χ0v) is 18.9. The molecule has 172 valence electrons. The second-order valence-electron chi connectivity index (χ2n) is 8.33. The van der Waals surface area contributed by atoms with Gasteiger partial charge >= 0.3 is 0 Å². The zero-order chi connectivity index (χ0) is 22.6. The smallest absolute Gasteiger partial charge is 0.257 e. The molecular formula is C23H30N4O4S. The number of sulfonamides is 1. The molecule has 32 heavy (non-hydrogen) atoms. The van der Waals surface area contributed by atoms with Gasteiger partial charge in [0.1, 0.15) is 0 Å². The molecule has 4 rings (SSSR count). The van der Waals surface area contributed by atoms with Crippen LogP contribution in [0.2, 0.25) is 0 Å². The normalized spacial score (nSPS) is 17.7. The van der Waals surface area contributed by atoms with Gasteiger partial charge in [-0.15, -0.1) is 0 Å². The largest absolute Gasteiger partial charge is 0.382 e. The quantitative estimate of drug-likeness (QED) is 0.613. The number of hydrogen-bond acceptors (Lipinski definition) is 6. The van der Waals surface area contributed by atoms with Gasteiger partial charge in [0, 0.05) is 36.2 Å². The highest BCUT2D eigenvalue weighted by Gasteiger charge is 2.22. The highest BCUT2D eigenvalue weighted by atomic mass is 32.2. The molecule has 2 aromatic carbocycles. The third-order valence-corrected chi connectivity index (χ3v) is 6.92. The summed E-state index contributed by atoms with van der Waals surface area (Å²) in [5.74, 6) is -0.384. The van der Waals surface area contributed by atoms with Crippen molar-refractivity contribution in [3.63, 3.8) is 0 Å². The van der Waals surface area contributed by atoms with Crippen LogP contribution in [0, 0.1) is 0 Å². The van der Waals surface area contributed by atoms with Gasteiger partial charge in [-0.25, -0.2) is 13.6 Å². The summed E-state index contributed by atoms with van der Waals surface area (Å²) in [7, 11) is -3.93. The van der Waals surface area contributed by atoms with Crippen LogP contribution in [0.25, 0.3) is 0 Å². The lowest BCUT2D eigenvalue weighted by Gasteiger charge is -2.30. The highest BCUT2D eigenvalue weighted by molar-refractivity contribution is 7.89. The van der Waals surface area contributed by atoms with E-state index in [0.717, 1.165) is 5.69 Å². The van der Waals surface area contributed by atoms with E-state index in [4.69, 9.17) is 9.88 Å². The Balaban J connectivity index is 1.52. The Kier molecular flexibility index (Phi) is 6.98. The van der Waals surface area contributed by atoms with Gasteiger partial charge in [-0.3, -0.25) is 4.79 Å². The minimum Gasteiger partial charge on any atom is -0.382 e. The van der Waals surface area contributed by atoms with Crippen LogP contribution in [-0.2, 0) is 14.8 Å². The zero-order valence-electron chi connectivity index (χ0n) is 18.0. The number of amides is 1. The number of rotatable bonds is 6. The van der Waals surface area contributed by atoms with Crippen molar-refractivity contribution in [2.24, 2.45) is 5.14 Å². The molecule has 1 amide bonds. The minimum absolute atomic E-state index is 0.0910. The molecule has 0 unspecified atom stereocenters. The molecule has 1 aliphatic heterocycles. The average Bonchev–Trinajstić information content (AvgIpc) is 2.80. The molecular weight excluding hydrogens is 428 g/mol. The monoisotopic (exact) mass is 458 g/mol. The number of carbonyl (C=O) groups is 1. The molecule has 0 spiro atoms. The van der Waals surface area contributed by atoms with Gasteiger partial charge in [-0.1, -0.05) is 19.3 Å². The number of ether oxygens (including phenoxy) is 1. The number of carbonyl (C=O) groups excluding carboxylic acids is 1. The van der Waals surface area contributed by atoms with E-state index in [-0.39, 0.29) is 16.4 Å². The fraction of sp³-hybridized carbons (Fsp3) is 0.435. The lowest BCUT2D eigenvalue weighted by Crippen LogP contribution is -2.37. The number of nitrogens with zero attached hydrogens (tertiary/aromatic N) is 1. The maximum Gasteiger partial charge on any atom is 0.257 e. The summed E-state index contributed by atoms with van der Waals surface area (Å²) < 4.78 is 29.1. The van der Waals surface area contributed by atoms with E-state index in [0.29, 0.717) is 43.7 Å². The number of benzene rings is 2. The third-order valence-electron chi connectivity index (χ3n) is 6.01. The summed E-state index contributed by atoms with van der Waals surface area (Å²) in [5, 5.41) is 11.7. The summed E-state index contributed by atoms with van der Waals surface area (Å²) >= 11 is 0. The Morgan fingerprint density at radius 3 is 2.28 bits per heavy atom. The number of anilines is 3. The lowest BCUT2D eigenvalue weighted by atomic mass is 9.95. The second kappa shape index (κ2) is 9.89.